The number of hydrogen-bond donors (Lipinski definition) is 0. The van der Waals surface area contributed by atoms with E-state index in [0.717, 1.165) is 51.4 Å². The van der Waals surface area contributed by atoms with Crippen molar-refractivity contribution >= 4 is 23.9 Å². The quantitative estimate of drug-likeness (QED) is 0.241. The molecule has 0 radical (unpaired) electrons. The minimum absolute atomic E-state index is 0. The zero-order chi connectivity index (χ0) is 32.8. The Balaban J connectivity index is -0.000000139. The Bertz CT molecular complexity index is 592. The van der Waals surface area contributed by atoms with Crippen LogP contribution < -0.4 is 20.4 Å². The van der Waals surface area contributed by atoms with Gasteiger partial charge in [-0.3, -0.25) is 0 Å². The number of aliphatic carboxylic acids is 4. The van der Waals surface area contributed by atoms with Crippen molar-refractivity contribution in [3.63, 3.8) is 0 Å². The Morgan fingerprint density at radius 2 is 0.512 bits per heavy atom. The average Bonchev–Trinajstić information content (AvgIpc) is 2.84. The Morgan fingerprint density at radius 3 is 0.585 bits per heavy atom. The molecule has 0 aliphatic rings. The van der Waals surface area contributed by atoms with Crippen LogP contribution in [0.5, 0.6) is 0 Å². The number of unbranched alkanes of at least 4 members (excludes halogenated alkanes) is 4. The van der Waals surface area contributed by atoms with E-state index in [9.17, 15) is 39.6 Å². The van der Waals surface area contributed by atoms with Crippen molar-refractivity contribution in [2.24, 2.45) is 21.7 Å². The smallest absolute Gasteiger partial charge is 0.550 e. The van der Waals surface area contributed by atoms with E-state index in [-0.39, 0.29) is 26.2 Å². The maximum absolute atomic E-state index is 10.4. The second-order valence-corrected chi connectivity index (χ2v) is 13.1. The van der Waals surface area contributed by atoms with Gasteiger partial charge < -0.3 is 39.6 Å². The Labute approximate surface area is 270 Å². The van der Waals surface area contributed by atoms with Gasteiger partial charge in [0.05, 0.1) is 0 Å². The van der Waals surface area contributed by atoms with Gasteiger partial charge >= 0.3 is 26.2 Å². The van der Waals surface area contributed by atoms with E-state index in [2.05, 4.69) is 0 Å². The van der Waals surface area contributed by atoms with Gasteiger partial charge in [-0.05, 0) is 25.7 Å². The van der Waals surface area contributed by atoms with Crippen LogP contribution in [0.15, 0.2) is 0 Å². The van der Waals surface area contributed by atoms with Gasteiger partial charge in [-0.1, -0.05) is 134 Å². The van der Waals surface area contributed by atoms with Gasteiger partial charge in [0.2, 0.25) is 0 Å². The van der Waals surface area contributed by atoms with E-state index in [1.165, 1.54) is 0 Å². The molecular formula is C32H60O8Zr. The summed E-state index contributed by atoms with van der Waals surface area (Å²) in [5.74, 6) is -3.77. The third-order valence-corrected chi connectivity index (χ3v) is 6.83. The van der Waals surface area contributed by atoms with Crippen LogP contribution in [0.3, 0.4) is 0 Å². The number of carbonyl (C=O) groups excluding carboxylic acids is 4. The van der Waals surface area contributed by atoms with Crippen LogP contribution >= 0.6 is 0 Å². The fourth-order valence-corrected chi connectivity index (χ4v) is 2.88. The molecule has 0 aliphatic heterocycles. The number of rotatable bonds is 16. The molecule has 0 aliphatic carbocycles. The van der Waals surface area contributed by atoms with Crippen molar-refractivity contribution in [1.29, 1.82) is 0 Å². The summed E-state index contributed by atoms with van der Waals surface area (Å²) >= 11 is 0. The Kier molecular flexibility index (Phi) is 30.5. The molecule has 240 valence electrons. The van der Waals surface area contributed by atoms with Crippen molar-refractivity contribution in [1.82, 2.24) is 0 Å². The second-order valence-electron chi connectivity index (χ2n) is 13.1. The van der Waals surface area contributed by atoms with Crippen molar-refractivity contribution in [2.75, 3.05) is 0 Å². The maximum Gasteiger partial charge on any atom is 4.00 e. The molecule has 0 aromatic rings. The molecule has 0 unspecified atom stereocenters. The summed E-state index contributed by atoms with van der Waals surface area (Å²) in [6.07, 6.45) is 10.8. The molecule has 0 spiro atoms. The summed E-state index contributed by atoms with van der Waals surface area (Å²) in [5.41, 5.74) is -2.57. The van der Waals surface area contributed by atoms with Crippen molar-refractivity contribution < 1.29 is 65.8 Å². The minimum Gasteiger partial charge on any atom is -0.550 e. The van der Waals surface area contributed by atoms with E-state index < -0.39 is 45.5 Å². The van der Waals surface area contributed by atoms with Gasteiger partial charge in [0.1, 0.15) is 0 Å². The average molecular weight is 664 g/mol. The molecule has 0 rings (SSSR count). The molecule has 0 atom stereocenters. The monoisotopic (exact) mass is 662 g/mol. The zero-order valence-corrected chi connectivity index (χ0v) is 30.7. The summed E-state index contributed by atoms with van der Waals surface area (Å²) in [6, 6.07) is 0. The first-order valence-electron chi connectivity index (χ1n) is 14.9. The number of carboxylic acid groups (broad SMARTS) is 4. The summed E-state index contributed by atoms with van der Waals surface area (Å²) in [6.45, 7) is 21.8. The van der Waals surface area contributed by atoms with Crippen LogP contribution in [0, 0.1) is 21.7 Å². The molecule has 0 aromatic carbocycles. The van der Waals surface area contributed by atoms with Crippen molar-refractivity contribution in [2.45, 2.75) is 160 Å². The van der Waals surface area contributed by atoms with Gasteiger partial charge in [-0.25, -0.2) is 0 Å². The summed E-state index contributed by atoms with van der Waals surface area (Å²) in [7, 11) is 0. The Hall–Kier alpha value is -1.24. The molecule has 0 N–H and O–H groups in total. The van der Waals surface area contributed by atoms with E-state index >= 15 is 0 Å². The van der Waals surface area contributed by atoms with Gasteiger partial charge in [0.25, 0.3) is 0 Å². The molecule has 0 amide bonds. The molecule has 0 saturated carbocycles. The predicted octanol–water partition coefficient (Wildman–Crippen LogP) is 3.81. The van der Waals surface area contributed by atoms with Crippen molar-refractivity contribution in [3.8, 4) is 0 Å². The first-order chi connectivity index (χ1) is 18.0. The van der Waals surface area contributed by atoms with Crippen LogP contribution in [-0.4, -0.2) is 23.9 Å². The number of hydrogen-bond acceptors (Lipinski definition) is 8. The largest absolute Gasteiger partial charge is 4.00 e. The van der Waals surface area contributed by atoms with Crippen LogP contribution in [0.1, 0.15) is 160 Å². The third kappa shape index (κ3) is 28.6. The standard InChI is InChI=1S/4C8H16O2.Zr/c4*1-4-5-6-8(2,3)7(9)10;/h4*4-6H2,1-3H3,(H,9,10);/q;;;;+4/p-4. The van der Waals surface area contributed by atoms with Gasteiger partial charge in [0, 0.05) is 45.5 Å². The molecule has 0 heterocycles. The fraction of sp³-hybridized carbons (Fsp3) is 0.875. The first kappa shape index (κ1) is 49.4. The van der Waals surface area contributed by atoms with Crippen LogP contribution in [0.4, 0.5) is 0 Å². The van der Waals surface area contributed by atoms with E-state index in [1.807, 2.05) is 27.7 Å². The number of carbonyl (C=O) groups is 4. The van der Waals surface area contributed by atoms with E-state index in [4.69, 9.17) is 0 Å². The second kappa shape index (κ2) is 25.3. The van der Waals surface area contributed by atoms with E-state index in [1.54, 1.807) is 55.4 Å². The van der Waals surface area contributed by atoms with Gasteiger partial charge in [-0.2, -0.15) is 0 Å². The molecule has 0 fully saturated rings. The Morgan fingerprint density at radius 1 is 0.390 bits per heavy atom. The molecule has 9 heteroatoms. The first-order valence-corrected chi connectivity index (χ1v) is 14.9. The van der Waals surface area contributed by atoms with E-state index in [0.29, 0.717) is 25.7 Å². The molecule has 0 bridgehead atoms. The number of carboxylic acids is 4. The van der Waals surface area contributed by atoms with Crippen LogP contribution in [0.25, 0.3) is 0 Å². The summed E-state index contributed by atoms with van der Waals surface area (Å²) in [5, 5.41) is 41.7. The normalized spacial score (nSPS) is 11.2. The maximum atomic E-state index is 10.4. The van der Waals surface area contributed by atoms with Crippen LogP contribution in [-0.2, 0) is 45.4 Å². The predicted molar refractivity (Wildman–Crippen MR) is 153 cm³/mol. The molecular weight excluding hydrogens is 604 g/mol. The summed E-state index contributed by atoms with van der Waals surface area (Å²) < 4.78 is 0. The minimum atomic E-state index is -0.944. The van der Waals surface area contributed by atoms with Gasteiger partial charge in [-0.15, -0.1) is 0 Å². The SMILES string of the molecule is CCCCC(C)(C)C(=O)[O-].CCCCC(C)(C)C(=O)[O-].CCCCC(C)(C)C(=O)[O-].CCCCC(C)(C)C(=O)[O-].[Zr+4]. The third-order valence-electron chi connectivity index (χ3n) is 6.83. The molecule has 0 aromatic heterocycles. The zero-order valence-electron chi connectivity index (χ0n) is 28.3. The van der Waals surface area contributed by atoms with Crippen LogP contribution in [0.2, 0.25) is 0 Å². The molecule has 41 heavy (non-hydrogen) atoms. The fourth-order valence-electron chi connectivity index (χ4n) is 2.88. The molecule has 8 nitrogen and oxygen atoms in total. The summed E-state index contributed by atoms with van der Waals surface area (Å²) in [4.78, 5) is 41.7. The topological polar surface area (TPSA) is 161 Å². The molecule has 0 saturated heterocycles. The van der Waals surface area contributed by atoms with Gasteiger partial charge in [0.15, 0.2) is 0 Å². The van der Waals surface area contributed by atoms with Crippen molar-refractivity contribution in [3.05, 3.63) is 0 Å².